The third kappa shape index (κ3) is 6.48. The van der Waals surface area contributed by atoms with Crippen molar-refractivity contribution in [3.8, 4) is 5.75 Å². The number of carbonyl (C=O) groups excluding carboxylic acids is 1. The van der Waals surface area contributed by atoms with Crippen molar-refractivity contribution < 1.29 is 9.53 Å². The molecule has 1 saturated heterocycles. The number of amides is 1. The van der Waals surface area contributed by atoms with Gasteiger partial charge in [-0.05, 0) is 59.9 Å². The Hall–Kier alpha value is -3.41. The van der Waals surface area contributed by atoms with E-state index in [4.69, 9.17) is 4.74 Å². The second-order valence-electron chi connectivity index (χ2n) is 11.6. The normalized spacial score (nSPS) is 20.2. The summed E-state index contributed by atoms with van der Waals surface area (Å²) >= 11 is 0. The molecule has 2 heterocycles. The first kappa shape index (κ1) is 28.1. The monoisotopic (exact) mass is 537 g/mol. The van der Waals surface area contributed by atoms with Crippen molar-refractivity contribution >= 4 is 5.91 Å². The zero-order valence-corrected chi connectivity index (χ0v) is 24.2. The first-order valence-electron chi connectivity index (χ1n) is 14.7. The van der Waals surface area contributed by atoms with Gasteiger partial charge in [0.05, 0.1) is 18.2 Å². The highest BCUT2D eigenvalue weighted by molar-refractivity contribution is 5.95. The van der Waals surface area contributed by atoms with E-state index in [0.29, 0.717) is 19.1 Å². The maximum Gasteiger partial charge on any atom is 0.250 e. The van der Waals surface area contributed by atoms with Gasteiger partial charge in [0.15, 0.2) is 0 Å². The van der Waals surface area contributed by atoms with Gasteiger partial charge in [-0.2, -0.15) is 0 Å². The second-order valence-corrected chi connectivity index (χ2v) is 11.6. The molecule has 2 atom stereocenters. The molecular formula is C35H43N3O2. The van der Waals surface area contributed by atoms with E-state index in [1.165, 1.54) is 22.3 Å². The summed E-state index contributed by atoms with van der Waals surface area (Å²) in [4.78, 5) is 15.2. The van der Waals surface area contributed by atoms with Gasteiger partial charge in [-0.15, -0.1) is 0 Å². The predicted octanol–water partition coefficient (Wildman–Crippen LogP) is 5.61. The van der Waals surface area contributed by atoms with Crippen LogP contribution >= 0.6 is 0 Å². The highest BCUT2D eigenvalue weighted by Gasteiger charge is 2.42. The molecule has 2 aliphatic heterocycles. The number of hydrogen-bond acceptors (Lipinski definition) is 4. The number of fused-ring (bicyclic) bond motifs is 2. The van der Waals surface area contributed by atoms with Gasteiger partial charge in [-0.3, -0.25) is 10.1 Å². The van der Waals surface area contributed by atoms with Gasteiger partial charge in [0, 0.05) is 32.3 Å². The van der Waals surface area contributed by atoms with Crippen molar-refractivity contribution in [3.63, 3.8) is 0 Å². The summed E-state index contributed by atoms with van der Waals surface area (Å²) in [5, 5.41) is 7.45. The molecule has 5 rings (SSSR count). The lowest BCUT2D eigenvalue weighted by molar-refractivity contribution is -0.126. The Bertz CT molecular complexity index is 1300. The third-order valence-corrected chi connectivity index (χ3v) is 8.36. The smallest absolute Gasteiger partial charge is 0.250 e. The summed E-state index contributed by atoms with van der Waals surface area (Å²) in [5.41, 5.74) is 5.82. The van der Waals surface area contributed by atoms with E-state index in [1.54, 1.807) is 0 Å². The molecule has 0 saturated carbocycles. The molecule has 2 aliphatic rings. The first-order chi connectivity index (χ1) is 19.4. The van der Waals surface area contributed by atoms with Crippen molar-refractivity contribution in [1.82, 2.24) is 15.5 Å². The third-order valence-electron chi connectivity index (χ3n) is 8.36. The number of nitrogens with zero attached hydrogens (tertiary/aromatic N) is 1. The fourth-order valence-electron chi connectivity index (χ4n) is 5.95. The molecule has 2 unspecified atom stereocenters. The Balaban J connectivity index is 1.16. The summed E-state index contributed by atoms with van der Waals surface area (Å²) < 4.78 is 6.12. The van der Waals surface area contributed by atoms with Crippen molar-refractivity contribution in [3.05, 3.63) is 113 Å². The molecule has 0 radical (unpaired) electrons. The molecule has 3 aromatic rings. The molecule has 1 fully saturated rings. The fourth-order valence-corrected chi connectivity index (χ4v) is 5.95. The minimum absolute atomic E-state index is 0.0136. The van der Waals surface area contributed by atoms with Crippen LogP contribution < -0.4 is 15.4 Å². The van der Waals surface area contributed by atoms with Gasteiger partial charge in [0.1, 0.15) is 5.75 Å². The molecular weight excluding hydrogens is 494 g/mol. The van der Waals surface area contributed by atoms with Crippen molar-refractivity contribution in [1.29, 1.82) is 0 Å². The lowest BCUT2D eigenvalue weighted by Crippen LogP contribution is -2.65. The van der Waals surface area contributed by atoms with E-state index in [0.717, 1.165) is 50.1 Å². The Kier molecular flexibility index (Phi) is 9.03. The highest BCUT2D eigenvalue weighted by Crippen LogP contribution is 2.34. The van der Waals surface area contributed by atoms with Crippen LogP contribution in [-0.4, -0.2) is 50.1 Å². The first-order valence-corrected chi connectivity index (χ1v) is 14.7. The average Bonchev–Trinajstić information content (AvgIpc) is 2.99. The lowest BCUT2D eigenvalue weighted by atomic mass is 9.78. The number of hydrogen-bond donors (Lipinski definition) is 2. The molecule has 2 bridgehead atoms. The number of aryl methyl sites for hydroxylation is 1. The van der Waals surface area contributed by atoms with Crippen LogP contribution in [0.25, 0.3) is 0 Å². The van der Waals surface area contributed by atoms with Gasteiger partial charge < -0.3 is 15.0 Å². The number of para-hydroxylation sites is 1. The minimum Gasteiger partial charge on any atom is -0.493 e. The van der Waals surface area contributed by atoms with E-state index in [1.807, 2.05) is 36.2 Å². The number of likely N-dealkylation sites (N-methyl/N-ethyl adjacent to an activating group) is 1. The highest BCUT2D eigenvalue weighted by atomic mass is 16.5. The van der Waals surface area contributed by atoms with Crippen LogP contribution in [0.2, 0.25) is 0 Å². The number of benzene rings is 3. The number of rotatable bonds is 11. The summed E-state index contributed by atoms with van der Waals surface area (Å²) in [5.74, 6) is 1.58. The molecule has 5 heteroatoms. The molecule has 3 aromatic carbocycles. The quantitative estimate of drug-likeness (QED) is 0.312. The number of nitrogens with one attached hydrogen (secondary N) is 2. The van der Waals surface area contributed by atoms with Crippen LogP contribution in [0.15, 0.2) is 90.5 Å². The maximum absolute atomic E-state index is 13.4. The fraction of sp³-hybridized carbons (Fsp3) is 0.400. The van der Waals surface area contributed by atoms with Crippen LogP contribution in [0.3, 0.4) is 0 Å². The molecule has 1 amide bonds. The van der Waals surface area contributed by atoms with E-state index in [2.05, 4.69) is 85.2 Å². The zero-order chi connectivity index (χ0) is 28.0. The Morgan fingerprint density at radius 1 is 0.975 bits per heavy atom. The van der Waals surface area contributed by atoms with Crippen LogP contribution in [0.4, 0.5) is 0 Å². The van der Waals surface area contributed by atoms with Crippen LogP contribution in [-0.2, 0) is 23.2 Å². The molecule has 0 aliphatic carbocycles. The minimum atomic E-state index is -0.183. The molecule has 2 N–H and O–H groups in total. The second kappa shape index (κ2) is 12.8. The predicted molar refractivity (Wildman–Crippen MR) is 163 cm³/mol. The van der Waals surface area contributed by atoms with Crippen LogP contribution in [0.1, 0.15) is 54.9 Å². The van der Waals surface area contributed by atoms with Gasteiger partial charge in [-0.1, -0.05) is 92.7 Å². The van der Waals surface area contributed by atoms with Crippen LogP contribution in [0.5, 0.6) is 5.75 Å². The van der Waals surface area contributed by atoms with Gasteiger partial charge in [-0.25, -0.2) is 0 Å². The number of carbonyl (C=O) groups is 1. The molecule has 5 nitrogen and oxygen atoms in total. The summed E-state index contributed by atoms with van der Waals surface area (Å²) in [6.45, 7) is 7.45. The zero-order valence-electron chi connectivity index (χ0n) is 24.2. The number of piperazine rings is 1. The SMILES string of the molecule is CC(C)c1ccccc1OCCCc1ccc(C23CC=C(C(=O)N(C)CCc4ccccc4)C(CNC2)N3)cc1. The summed E-state index contributed by atoms with van der Waals surface area (Å²) in [6.07, 6.45) is 5.81. The average molecular weight is 538 g/mol. The molecule has 210 valence electrons. The Morgan fingerprint density at radius 3 is 2.48 bits per heavy atom. The van der Waals surface area contributed by atoms with Gasteiger partial charge >= 0.3 is 0 Å². The Labute approximate surface area is 239 Å². The largest absolute Gasteiger partial charge is 0.493 e. The summed E-state index contributed by atoms with van der Waals surface area (Å²) in [7, 11) is 1.91. The van der Waals surface area contributed by atoms with Crippen molar-refractivity contribution in [2.24, 2.45) is 0 Å². The molecule has 0 spiro atoms. The van der Waals surface area contributed by atoms with Gasteiger partial charge in [0.2, 0.25) is 0 Å². The van der Waals surface area contributed by atoms with E-state index in [-0.39, 0.29) is 17.5 Å². The Morgan fingerprint density at radius 2 is 1.70 bits per heavy atom. The molecule has 0 aromatic heterocycles. The molecule has 40 heavy (non-hydrogen) atoms. The van der Waals surface area contributed by atoms with E-state index < -0.39 is 0 Å². The maximum atomic E-state index is 13.4. The standard InChI is InChI=1S/C35H43N3O2/c1-26(2)30-13-7-8-14-33(30)40-23-9-12-28-15-17-29(18-16-28)35-21-19-31(32(37-35)24-36-25-35)34(39)38(3)22-20-27-10-5-4-6-11-27/h4-8,10-11,13-19,26,32,36-37H,9,12,20-25H2,1-3H3. The van der Waals surface area contributed by atoms with Gasteiger partial charge in [0.25, 0.3) is 5.91 Å². The van der Waals surface area contributed by atoms with Crippen molar-refractivity contribution in [2.75, 3.05) is 33.3 Å². The summed E-state index contributed by atoms with van der Waals surface area (Å²) in [6, 6.07) is 27.7. The van der Waals surface area contributed by atoms with Crippen LogP contribution in [0, 0.1) is 0 Å². The van der Waals surface area contributed by atoms with E-state index >= 15 is 0 Å². The van der Waals surface area contributed by atoms with E-state index in [9.17, 15) is 4.79 Å². The lowest BCUT2D eigenvalue weighted by Gasteiger charge is -2.47. The topological polar surface area (TPSA) is 53.6 Å². The van der Waals surface area contributed by atoms with Crippen molar-refractivity contribution in [2.45, 2.75) is 57.0 Å². The number of ether oxygens (including phenoxy) is 1.